The Hall–Kier alpha value is -2.24. The van der Waals surface area contributed by atoms with Gasteiger partial charge >= 0.3 is 5.97 Å². The van der Waals surface area contributed by atoms with Crippen LogP contribution >= 0.6 is 0 Å². The Morgan fingerprint density at radius 2 is 1.95 bits per heavy atom. The molecule has 0 aliphatic carbocycles. The van der Waals surface area contributed by atoms with Gasteiger partial charge in [0.15, 0.2) is 11.5 Å². The number of hydrogen-bond acceptors (Lipinski definition) is 4. The quantitative estimate of drug-likeness (QED) is 0.889. The maximum atomic E-state index is 11.0. The van der Waals surface area contributed by atoms with Crippen LogP contribution in [-0.2, 0) is 17.8 Å². The molecule has 0 amide bonds. The third-order valence-electron chi connectivity index (χ3n) is 2.94. The summed E-state index contributed by atoms with van der Waals surface area (Å²) in [7, 11) is 3.10. The van der Waals surface area contributed by atoms with Gasteiger partial charge in [-0.15, -0.1) is 0 Å². The third kappa shape index (κ3) is 2.33. The molecule has 19 heavy (non-hydrogen) atoms. The minimum Gasteiger partial charge on any atom is -0.493 e. The minimum absolute atomic E-state index is 0.116. The normalized spacial score (nSPS) is 10.7. The largest absolute Gasteiger partial charge is 0.493 e. The topological polar surface area (TPSA) is 73.6 Å². The molecule has 0 radical (unpaired) electrons. The summed E-state index contributed by atoms with van der Waals surface area (Å²) in [5.41, 5.74) is 1.44. The number of methoxy groups -OCH3 is 2. The highest BCUT2D eigenvalue weighted by Gasteiger charge is 2.15. The van der Waals surface area contributed by atoms with Crippen LogP contribution in [0.25, 0.3) is 11.0 Å². The molecule has 1 heterocycles. The van der Waals surface area contributed by atoms with Gasteiger partial charge in [0.25, 0.3) is 0 Å². The van der Waals surface area contributed by atoms with Crippen molar-refractivity contribution in [3.63, 3.8) is 0 Å². The Bertz CT molecular complexity index is 619. The number of hydrogen-bond donors (Lipinski definition) is 1. The fraction of sp³-hybridized carbons (Fsp3) is 0.385. The average molecular weight is 264 g/mol. The number of aliphatic carboxylic acids is 1. The van der Waals surface area contributed by atoms with Crippen LogP contribution in [0.4, 0.5) is 0 Å². The molecular weight excluding hydrogens is 248 g/mol. The summed E-state index contributed by atoms with van der Waals surface area (Å²) in [5.74, 6) is 0.971. The van der Waals surface area contributed by atoms with Crippen molar-refractivity contribution < 1.29 is 19.4 Å². The second-order valence-electron chi connectivity index (χ2n) is 4.06. The molecule has 102 valence electrons. The molecule has 0 fully saturated rings. The van der Waals surface area contributed by atoms with E-state index in [0.717, 1.165) is 11.3 Å². The first kappa shape index (κ1) is 13.2. The Balaban J connectivity index is 2.67. The van der Waals surface area contributed by atoms with E-state index in [9.17, 15) is 4.79 Å². The van der Waals surface area contributed by atoms with E-state index >= 15 is 0 Å². The van der Waals surface area contributed by atoms with E-state index in [2.05, 4.69) is 4.98 Å². The molecule has 6 nitrogen and oxygen atoms in total. The van der Waals surface area contributed by atoms with Gasteiger partial charge < -0.3 is 19.1 Å². The zero-order chi connectivity index (χ0) is 14.0. The predicted molar refractivity (Wildman–Crippen MR) is 69.9 cm³/mol. The highest BCUT2D eigenvalue weighted by molar-refractivity contribution is 5.82. The number of imidazole rings is 1. The van der Waals surface area contributed by atoms with Crippen LogP contribution in [0.5, 0.6) is 11.5 Å². The van der Waals surface area contributed by atoms with Crippen LogP contribution in [0.3, 0.4) is 0 Å². The number of benzene rings is 1. The number of aromatic nitrogens is 2. The van der Waals surface area contributed by atoms with Gasteiger partial charge in [-0.2, -0.15) is 0 Å². The molecule has 0 saturated heterocycles. The Morgan fingerprint density at radius 1 is 1.32 bits per heavy atom. The molecule has 0 bridgehead atoms. The van der Waals surface area contributed by atoms with Gasteiger partial charge in [-0.3, -0.25) is 4.79 Å². The maximum Gasteiger partial charge on any atom is 0.323 e. The van der Waals surface area contributed by atoms with Crippen molar-refractivity contribution in [2.75, 3.05) is 14.2 Å². The highest BCUT2D eigenvalue weighted by Crippen LogP contribution is 2.32. The van der Waals surface area contributed by atoms with Gasteiger partial charge in [0.2, 0.25) is 0 Å². The van der Waals surface area contributed by atoms with Crippen LogP contribution in [0.1, 0.15) is 12.7 Å². The molecule has 2 aromatic rings. The lowest BCUT2D eigenvalue weighted by molar-refractivity contribution is -0.137. The number of carbonyl (C=O) groups is 1. The van der Waals surface area contributed by atoms with Gasteiger partial charge in [-0.25, -0.2) is 4.98 Å². The summed E-state index contributed by atoms with van der Waals surface area (Å²) >= 11 is 0. The molecule has 0 unspecified atom stereocenters. The summed E-state index contributed by atoms with van der Waals surface area (Å²) in [6.07, 6.45) is 0.659. The van der Waals surface area contributed by atoms with Crippen molar-refractivity contribution >= 4 is 17.0 Å². The van der Waals surface area contributed by atoms with Crippen LogP contribution in [-0.4, -0.2) is 34.8 Å². The zero-order valence-corrected chi connectivity index (χ0v) is 11.1. The van der Waals surface area contributed by atoms with E-state index in [4.69, 9.17) is 14.6 Å². The van der Waals surface area contributed by atoms with E-state index in [-0.39, 0.29) is 6.54 Å². The number of rotatable bonds is 5. The monoisotopic (exact) mass is 264 g/mol. The maximum absolute atomic E-state index is 11.0. The van der Waals surface area contributed by atoms with Gasteiger partial charge in [0, 0.05) is 18.6 Å². The van der Waals surface area contributed by atoms with Crippen LogP contribution < -0.4 is 9.47 Å². The smallest absolute Gasteiger partial charge is 0.323 e. The van der Waals surface area contributed by atoms with Gasteiger partial charge in [-0.05, 0) is 0 Å². The lowest BCUT2D eigenvalue weighted by Crippen LogP contribution is -2.11. The predicted octanol–water partition coefficient (Wildman–Crippen LogP) is 1.70. The molecule has 0 saturated carbocycles. The van der Waals surface area contributed by atoms with Crippen molar-refractivity contribution in [2.24, 2.45) is 0 Å². The molecule has 0 spiro atoms. The Kier molecular flexibility index (Phi) is 3.59. The first-order valence-corrected chi connectivity index (χ1v) is 5.93. The molecule has 1 aromatic carbocycles. The van der Waals surface area contributed by atoms with Crippen molar-refractivity contribution in [1.29, 1.82) is 0 Å². The molecular formula is C13H16N2O4. The van der Waals surface area contributed by atoms with Crippen LogP contribution in [0.15, 0.2) is 12.1 Å². The lowest BCUT2D eigenvalue weighted by Gasteiger charge is -2.08. The number of ether oxygens (including phenoxy) is 2. The van der Waals surface area contributed by atoms with E-state index in [0.29, 0.717) is 23.4 Å². The second-order valence-corrected chi connectivity index (χ2v) is 4.06. The fourth-order valence-corrected chi connectivity index (χ4v) is 2.08. The summed E-state index contributed by atoms with van der Waals surface area (Å²) in [4.78, 5) is 15.4. The number of nitrogens with zero attached hydrogens (tertiary/aromatic N) is 2. The third-order valence-corrected chi connectivity index (χ3v) is 2.94. The highest BCUT2D eigenvalue weighted by atomic mass is 16.5. The minimum atomic E-state index is -0.899. The fourth-order valence-electron chi connectivity index (χ4n) is 2.08. The van der Waals surface area contributed by atoms with Crippen molar-refractivity contribution in [3.8, 4) is 11.5 Å². The Labute approximate surface area is 110 Å². The molecule has 0 aliphatic heterocycles. The van der Waals surface area contributed by atoms with Crippen molar-refractivity contribution in [3.05, 3.63) is 18.0 Å². The van der Waals surface area contributed by atoms with E-state index in [1.807, 2.05) is 6.92 Å². The van der Waals surface area contributed by atoms with Crippen LogP contribution in [0, 0.1) is 0 Å². The number of fused-ring (bicyclic) bond motifs is 1. The average Bonchev–Trinajstić information content (AvgIpc) is 2.73. The number of carboxylic acid groups (broad SMARTS) is 1. The molecule has 0 atom stereocenters. The van der Waals surface area contributed by atoms with Gasteiger partial charge in [-0.1, -0.05) is 6.92 Å². The first-order valence-electron chi connectivity index (χ1n) is 5.93. The second kappa shape index (κ2) is 5.17. The van der Waals surface area contributed by atoms with Crippen LogP contribution in [0.2, 0.25) is 0 Å². The SMILES string of the molecule is CCc1nc2cc(OC)c(OC)cc2n1CC(=O)O. The zero-order valence-electron chi connectivity index (χ0n) is 11.1. The van der Waals surface area contributed by atoms with Crippen molar-refractivity contribution in [2.45, 2.75) is 19.9 Å². The van der Waals surface area contributed by atoms with E-state index in [1.54, 1.807) is 30.9 Å². The standard InChI is InChI=1S/C13H16N2O4/c1-4-12-14-8-5-10(18-2)11(19-3)6-9(8)15(12)7-13(16)17/h5-6H,4,7H2,1-3H3,(H,16,17). The summed E-state index contributed by atoms with van der Waals surface area (Å²) < 4.78 is 12.1. The molecule has 1 aromatic heterocycles. The summed E-state index contributed by atoms with van der Waals surface area (Å²) in [5, 5.41) is 8.99. The van der Waals surface area contributed by atoms with Gasteiger partial charge in [0.1, 0.15) is 12.4 Å². The molecule has 1 N–H and O–H groups in total. The first-order chi connectivity index (χ1) is 9.10. The Morgan fingerprint density at radius 3 is 2.47 bits per heavy atom. The number of carboxylic acids is 1. The molecule has 6 heteroatoms. The van der Waals surface area contributed by atoms with Crippen molar-refractivity contribution in [1.82, 2.24) is 9.55 Å². The summed E-state index contributed by atoms with van der Waals surface area (Å²) in [6, 6.07) is 3.51. The summed E-state index contributed by atoms with van der Waals surface area (Å²) in [6.45, 7) is 1.82. The van der Waals surface area contributed by atoms with Gasteiger partial charge in [0.05, 0.1) is 25.3 Å². The van der Waals surface area contributed by atoms with E-state index in [1.165, 1.54) is 0 Å². The molecule has 0 aliphatic rings. The molecule has 2 rings (SSSR count). The van der Waals surface area contributed by atoms with E-state index < -0.39 is 5.97 Å². The number of aryl methyl sites for hydroxylation is 1. The lowest BCUT2D eigenvalue weighted by atomic mass is 10.2.